The maximum atomic E-state index is 12.7. The van der Waals surface area contributed by atoms with Crippen molar-refractivity contribution in [3.63, 3.8) is 0 Å². The summed E-state index contributed by atoms with van der Waals surface area (Å²) in [4.78, 5) is 16.9. The van der Waals surface area contributed by atoms with E-state index in [1.54, 1.807) is 20.3 Å². The van der Waals surface area contributed by atoms with Gasteiger partial charge in [-0.05, 0) is 55.4 Å². The third-order valence-electron chi connectivity index (χ3n) is 5.36. The van der Waals surface area contributed by atoms with Gasteiger partial charge >= 0.3 is 0 Å². The number of methoxy groups -OCH3 is 2. The number of rotatable bonds is 5. The monoisotopic (exact) mass is 451 g/mol. The first-order valence-corrected chi connectivity index (χ1v) is 11.0. The SMILES string of the molecule is COc1ccc(-n2c(C)cc(C=C3C(=N)N4N=C(C(C)C)SC4=NC3=O)c2C)c(OC)c1. The lowest BCUT2D eigenvalue weighted by molar-refractivity contribution is -0.114. The van der Waals surface area contributed by atoms with Gasteiger partial charge in [-0.1, -0.05) is 13.8 Å². The Balaban J connectivity index is 1.76. The molecule has 3 heterocycles. The van der Waals surface area contributed by atoms with Gasteiger partial charge in [0.15, 0.2) is 5.84 Å². The van der Waals surface area contributed by atoms with Gasteiger partial charge in [-0.15, -0.1) is 0 Å². The van der Waals surface area contributed by atoms with E-state index >= 15 is 0 Å². The van der Waals surface area contributed by atoms with Crippen LogP contribution in [0, 0.1) is 25.2 Å². The second kappa shape index (κ2) is 8.31. The molecule has 0 radical (unpaired) electrons. The molecule has 2 aliphatic heterocycles. The number of nitrogens with zero attached hydrogens (tertiary/aromatic N) is 4. The van der Waals surface area contributed by atoms with Crippen molar-refractivity contribution in [1.82, 2.24) is 9.58 Å². The largest absolute Gasteiger partial charge is 0.497 e. The third kappa shape index (κ3) is 3.62. The number of amidine groups is 2. The number of nitrogens with one attached hydrogen (secondary N) is 1. The number of hydrogen-bond acceptors (Lipinski definition) is 6. The van der Waals surface area contributed by atoms with E-state index in [9.17, 15) is 4.79 Å². The minimum Gasteiger partial charge on any atom is -0.497 e. The van der Waals surface area contributed by atoms with Crippen LogP contribution in [0.3, 0.4) is 0 Å². The number of aliphatic imine (C=N–C) groups is 1. The molecule has 0 atom stereocenters. The molecule has 0 saturated carbocycles. The first-order valence-electron chi connectivity index (χ1n) is 10.2. The Labute approximate surface area is 191 Å². The Kier molecular flexibility index (Phi) is 5.68. The first kappa shape index (κ1) is 21.9. The number of hydrogen-bond donors (Lipinski definition) is 1. The number of thioether (sulfide) groups is 1. The van der Waals surface area contributed by atoms with Gasteiger partial charge in [-0.3, -0.25) is 10.2 Å². The van der Waals surface area contributed by atoms with Crippen molar-refractivity contribution in [2.45, 2.75) is 27.7 Å². The van der Waals surface area contributed by atoms with Gasteiger partial charge in [-0.2, -0.15) is 15.1 Å². The van der Waals surface area contributed by atoms with E-state index in [4.69, 9.17) is 14.9 Å². The predicted octanol–water partition coefficient (Wildman–Crippen LogP) is 4.39. The molecule has 32 heavy (non-hydrogen) atoms. The van der Waals surface area contributed by atoms with Crippen molar-refractivity contribution in [3.05, 3.63) is 46.8 Å². The molecule has 0 spiro atoms. The zero-order valence-corrected chi connectivity index (χ0v) is 19.7. The van der Waals surface area contributed by atoms with Crippen LogP contribution < -0.4 is 9.47 Å². The highest BCUT2D eigenvalue weighted by Gasteiger charge is 2.36. The Morgan fingerprint density at radius 1 is 1.16 bits per heavy atom. The summed E-state index contributed by atoms with van der Waals surface area (Å²) in [6.45, 7) is 8.00. The van der Waals surface area contributed by atoms with E-state index in [0.29, 0.717) is 16.7 Å². The summed E-state index contributed by atoms with van der Waals surface area (Å²) in [7, 11) is 3.23. The Bertz CT molecular complexity index is 1220. The molecule has 8 nitrogen and oxygen atoms in total. The predicted molar refractivity (Wildman–Crippen MR) is 128 cm³/mol. The van der Waals surface area contributed by atoms with Gasteiger partial charge in [-0.25, -0.2) is 0 Å². The van der Waals surface area contributed by atoms with Crippen LogP contribution in [0.4, 0.5) is 0 Å². The molecule has 0 saturated heterocycles. The molecule has 1 N–H and O–H groups in total. The summed E-state index contributed by atoms with van der Waals surface area (Å²) in [5, 5.41) is 15.8. The Morgan fingerprint density at radius 3 is 2.56 bits per heavy atom. The molecule has 2 aromatic rings. The summed E-state index contributed by atoms with van der Waals surface area (Å²) in [5.41, 5.74) is 3.78. The average molecular weight is 452 g/mol. The van der Waals surface area contributed by atoms with Crippen molar-refractivity contribution in [2.24, 2.45) is 16.0 Å². The normalized spacial score (nSPS) is 17.1. The average Bonchev–Trinajstić information content (AvgIpc) is 3.31. The Morgan fingerprint density at radius 2 is 1.91 bits per heavy atom. The molecule has 2 aliphatic rings. The molecule has 1 aromatic heterocycles. The lowest BCUT2D eigenvalue weighted by Crippen LogP contribution is -2.35. The smallest absolute Gasteiger partial charge is 0.283 e. The van der Waals surface area contributed by atoms with E-state index in [0.717, 1.165) is 27.7 Å². The van der Waals surface area contributed by atoms with Gasteiger partial charge in [0.2, 0.25) is 5.17 Å². The summed E-state index contributed by atoms with van der Waals surface area (Å²) in [5.74, 6) is 1.18. The highest BCUT2D eigenvalue weighted by Crippen LogP contribution is 2.34. The minimum atomic E-state index is -0.430. The van der Waals surface area contributed by atoms with Crippen LogP contribution >= 0.6 is 11.8 Å². The lowest BCUT2D eigenvalue weighted by Gasteiger charge is -2.20. The maximum absolute atomic E-state index is 12.7. The first-order chi connectivity index (χ1) is 15.2. The highest BCUT2D eigenvalue weighted by atomic mass is 32.2. The van der Waals surface area contributed by atoms with E-state index < -0.39 is 5.91 Å². The summed E-state index contributed by atoms with van der Waals surface area (Å²) < 4.78 is 12.9. The van der Waals surface area contributed by atoms with Crippen molar-refractivity contribution in [2.75, 3.05) is 14.2 Å². The number of aryl methyl sites for hydroxylation is 1. The van der Waals surface area contributed by atoms with Gasteiger partial charge in [0.05, 0.1) is 25.5 Å². The number of carbonyl (C=O) groups excluding carboxylic acids is 1. The summed E-state index contributed by atoms with van der Waals surface area (Å²) in [6.07, 6.45) is 1.72. The molecule has 0 unspecified atom stereocenters. The van der Waals surface area contributed by atoms with Gasteiger partial charge in [0, 0.05) is 23.4 Å². The van der Waals surface area contributed by atoms with Crippen molar-refractivity contribution in [3.8, 4) is 17.2 Å². The molecular weight excluding hydrogens is 426 g/mol. The van der Waals surface area contributed by atoms with Gasteiger partial charge in [0.1, 0.15) is 16.5 Å². The molecule has 1 aromatic carbocycles. The number of ether oxygens (including phenoxy) is 2. The Hall–Kier alpha value is -3.33. The molecule has 0 bridgehead atoms. The van der Waals surface area contributed by atoms with Crippen LogP contribution in [0.2, 0.25) is 0 Å². The van der Waals surface area contributed by atoms with E-state index in [2.05, 4.69) is 14.7 Å². The number of aromatic nitrogens is 1. The zero-order chi connectivity index (χ0) is 23.2. The van der Waals surface area contributed by atoms with Crippen molar-refractivity contribution >= 4 is 39.8 Å². The fourth-order valence-electron chi connectivity index (χ4n) is 3.67. The van der Waals surface area contributed by atoms with Crippen molar-refractivity contribution in [1.29, 1.82) is 5.41 Å². The zero-order valence-electron chi connectivity index (χ0n) is 18.9. The fraction of sp³-hybridized carbons (Fsp3) is 0.304. The second-order valence-corrected chi connectivity index (χ2v) is 8.80. The molecule has 166 valence electrons. The fourth-order valence-corrected chi connectivity index (χ4v) is 4.56. The number of benzene rings is 1. The van der Waals surface area contributed by atoms with Crippen LogP contribution in [0.15, 0.2) is 39.9 Å². The highest BCUT2D eigenvalue weighted by molar-refractivity contribution is 8.27. The summed E-state index contributed by atoms with van der Waals surface area (Å²) >= 11 is 1.34. The number of hydrazone groups is 1. The molecule has 4 rings (SSSR count). The minimum absolute atomic E-state index is 0.0370. The molecule has 1 amide bonds. The number of amides is 1. The van der Waals surface area contributed by atoms with Crippen LogP contribution in [0.5, 0.6) is 11.5 Å². The van der Waals surface area contributed by atoms with Gasteiger partial charge < -0.3 is 14.0 Å². The number of carbonyl (C=O) groups is 1. The number of fused-ring (bicyclic) bond motifs is 1. The van der Waals surface area contributed by atoms with Crippen molar-refractivity contribution < 1.29 is 14.3 Å². The van der Waals surface area contributed by atoms with Crippen LogP contribution in [-0.4, -0.2) is 45.7 Å². The molecule has 0 fully saturated rings. The molecule has 0 aliphatic carbocycles. The molecular formula is C23H25N5O3S. The lowest BCUT2D eigenvalue weighted by atomic mass is 10.1. The molecule has 9 heteroatoms. The van der Waals surface area contributed by atoms with E-state index in [-0.39, 0.29) is 17.3 Å². The topological polar surface area (TPSA) is 92.3 Å². The standard InChI is InChI=1S/C23H25N5O3S/c1-12(2)22-26-28-20(24)17(21(29)25-23(28)32-22)10-15-9-13(3)27(14(15)4)18-8-7-16(30-5)11-19(18)31-6/h7-12,24H,1-6H3. The van der Waals surface area contributed by atoms with Crippen LogP contribution in [0.1, 0.15) is 30.8 Å². The van der Waals surface area contributed by atoms with Gasteiger partial charge in [0.25, 0.3) is 5.91 Å². The maximum Gasteiger partial charge on any atom is 0.283 e. The van der Waals surface area contributed by atoms with E-state index in [1.165, 1.54) is 16.8 Å². The third-order valence-corrected chi connectivity index (χ3v) is 6.57. The quantitative estimate of drug-likeness (QED) is 0.681. The van der Waals surface area contributed by atoms with E-state index in [1.807, 2.05) is 52.0 Å². The summed E-state index contributed by atoms with van der Waals surface area (Å²) in [6, 6.07) is 7.62. The van der Waals surface area contributed by atoms with Crippen LogP contribution in [0.25, 0.3) is 11.8 Å². The second-order valence-electron chi connectivity index (χ2n) is 7.81. The van der Waals surface area contributed by atoms with Crippen LogP contribution in [-0.2, 0) is 4.79 Å².